The molecule has 8 nitrogen and oxygen atoms in total. The number of urea groups is 1. The highest BCUT2D eigenvalue weighted by atomic mass is 16.5. The number of hydrogen-bond acceptors (Lipinski definition) is 6. The largest absolute Gasteiger partial charge is 0.371 e. The second-order valence-corrected chi connectivity index (χ2v) is 8.64. The fourth-order valence-corrected chi connectivity index (χ4v) is 4.50. The van der Waals surface area contributed by atoms with Crippen LogP contribution in [0.5, 0.6) is 0 Å². The lowest BCUT2D eigenvalue weighted by molar-refractivity contribution is -0.0101. The number of fused-ring (bicyclic) bond motifs is 3. The highest BCUT2D eigenvalue weighted by molar-refractivity contribution is 5.89. The number of anilines is 2. The SMILES string of the molecule is CNC(=O)Nc1ccc(-c2nc(N3CC4CCC(C3)O4)c3c(n2)C(C)(C)OC3)cc1. The highest BCUT2D eigenvalue weighted by Crippen LogP contribution is 2.41. The molecule has 1 aromatic heterocycles. The highest BCUT2D eigenvalue weighted by Gasteiger charge is 2.40. The molecule has 158 valence electrons. The van der Waals surface area contributed by atoms with Crippen molar-refractivity contribution in [1.82, 2.24) is 15.3 Å². The summed E-state index contributed by atoms with van der Waals surface area (Å²) in [7, 11) is 1.59. The van der Waals surface area contributed by atoms with Crippen LogP contribution in [0.3, 0.4) is 0 Å². The molecule has 8 heteroatoms. The average Bonchev–Trinajstić information content (AvgIpc) is 3.25. The molecule has 0 aliphatic carbocycles. The monoisotopic (exact) mass is 409 g/mol. The van der Waals surface area contributed by atoms with Crippen LogP contribution in [-0.2, 0) is 21.7 Å². The van der Waals surface area contributed by atoms with Crippen LogP contribution in [0.4, 0.5) is 16.3 Å². The first kappa shape index (κ1) is 19.3. The van der Waals surface area contributed by atoms with Crippen molar-refractivity contribution in [2.75, 3.05) is 30.4 Å². The van der Waals surface area contributed by atoms with Gasteiger partial charge in [-0.1, -0.05) is 0 Å². The Kier molecular flexibility index (Phi) is 4.63. The summed E-state index contributed by atoms with van der Waals surface area (Å²) in [6.45, 7) is 6.35. The Morgan fingerprint density at radius 3 is 2.50 bits per heavy atom. The van der Waals surface area contributed by atoms with Crippen molar-refractivity contribution in [1.29, 1.82) is 0 Å². The van der Waals surface area contributed by atoms with E-state index in [0.717, 1.165) is 48.6 Å². The molecule has 2 saturated heterocycles. The van der Waals surface area contributed by atoms with Crippen molar-refractivity contribution in [2.24, 2.45) is 0 Å². The summed E-state index contributed by atoms with van der Waals surface area (Å²) in [6.07, 6.45) is 2.79. The van der Waals surface area contributed by atoms with Gasteiger partial charge in [0, 0.05) is 37.0 Å². The van der Waals surface area contributed by atoms with E-state index in [9.17, 15) is 4.79 Å². The Morgan fingerprint density at radius 2 is 1.83 bits per heavy atom. The minimum Gasteiger partial charge on any atom is -0.371 e. The van der Waals surface area contributed by atoms with Crippen LogP contribution in [0.25, 0.3) is 11.4 Å². The van der Waals surface area contributed by atoms with Gasteiger partial charge in [0.1, 0.15) is 11.4 Å². The van der Waals surface area contributed by atoms with Gasteiger partial charge < -0.3 is 25.0 Å². The molecule has 2 atom stereocenters. The second kappa shape index (κ2) is 7.21. The molecule has 0 radical (unpaired) electrons. The van der Waals surface area contributed by atoms with Gasteiger partial charge in [-0.05, 0) is 51.0 Å². The van der Waals surface area contributed by atoms with Gasteiger partial charge in [-0.2, -0.15) is 0 Å². The van der Waals surface area contributed by atoms with Crippen molar-refractivity contribution in [3.05, 3.63) is 35.5 Å². The summed E-state index contributed by atoms with van der Waals surface area (Å²) in [5.74, 6) is 1.64. The summed E-state index contributed by atoms with van der Waals surface area (Å²) < 4.78 is 12.1. The molecule has 5 rings (SSSR count). The van der Waals surface area contributed by atoms with Crippen LogP contribution in [-0.4, -0.2) is 48.3 Å². The number of amides is 2. The molecular formula is C22H27N5O3. The molecule has 1 aromatic carbocycles. The van der Waals surface area contributed by atoms with Crippen molar-refractivity contribution in [3.63, 3.8) is 0 Å². The predicted molar refractivity (Wildman–Crippen MR) is 113 cm³/mol. The standard InChI is InChI=1S/C22H27N5O3/c1-22(2)18-17(12-29-22)20(27-10-15-8-9-16(11-27)30-15)26-19(25-18)13-4-6-14(7-5-13)24-21(28)23-3/h4-7,15-16H,8-12H2,1-3H3,(H2,23,24,28). The molecular weight excluding hydrogens is 382 g/mol. The zero-order valence-corrected chi connectivity index (χ0v) is 17.6. The minimum absolute atomic E-state index is 0.250. The van der Waals surface area contributed by atoms with Gasteiger partial charge in [-0.25, -0.2) is 14.8 Å². The Morgan fingerprint density at radius 1 is 1.13 bits per heavy atom. The molecule has 0 saturated carbocycles. The molecule has 2 aromatic rings. The third kappa shape index (κ3) is 3.40. The number of nitrogens with one attached hydrogen (secondary N) is 2. The molecule has 2 bridgehead atoms. The van der Waals surface area contributed by atoms with Gasteiger partial charge in [0.2, 0.25) is 0 Å². The maximum Gasteiger partial charge on any atom is 0.318 e. The molecule has 30 heavy (non-hydrogen) atoms. The summed E-state index contributed by atoms with van der Waals surface area (Å²) in [4.78, 5) is 23.8. The van der Waals surface area contributed by atoms with E-state index in [1.165, 1.54) is 0 Å². The molecule has 2 N–H and O–H groups in total. The number of nitrogens with zero attached hydrogens (tertiary/aromatic N) is 3. The lowest BCUT2D eigenvalue weighted by atomic mass is 10.0. The van der Waals surface area contributed by atoms with E-state index in [-0.39, 0.29) is 18.2 Å². The van der Waals surface area contributed by atoms with Crippen LogP contribution >= 0.6 is 0 Å². The summed E-state index contributed by atoms with van der Waals surface area (Å²) in [5, 5.41) is 5.32. The van der Waals surface area contributed by atoms with E-state index < -0.39 is 5.60 Å². The normalized spacial score (nSPS) is 23.9. The van der Waals surface area contributed by atoms with E-state index in [0.29, 0.717) is 18.1 Å². The first-order chi connectivity index (χ1) is 14.4. The summed E-state index contributed by atoms with van der Waals surface area (Å²) in [5.41, 5.74) is 3.21. The molecule has 2 amide bonds. The smallest absolute Gasteiger partial charge is 0.318 e. The molecule has 3 aliphatic heterocycles. The van der Waals surface area contributed by atoms with E-state index >= 15 is 0 Å². The van der Waals surface area contributed by atoms with Gasteiger partial charge in [0.05, 0.1) is 24.5 Å². The van der Waals surface area contributed by atoms with E-state index in [1.54, 1.807) is 7.05 Å². The van der Waals surface area contributed by atoms with Gasteiger partial charge >= 0.3 is 6.03 Å². The number of hydrogen-bond donors (Lipinski definition) is 2. The topological polar surface area (TPSA) is 88.6 Å². The predicted octanol–water partition coefficient (Wildman–Crippen LogP) is 3.03. The summed E-state index contributed by atoms with van der Waals surface area (Å²) in [6, 6.07) is 7.33. The van der Waals surface area contributed by atoms with Crippen LogP contribution in [0.2, 0.25) is 0 Å². The maximum absolute atomic E-state index is 11.5. The maximum atomic E-state index is 11.5. The molecule has 2 unspecified atom stereocenters. The van der Waals surface area contributed by atoms with Gasteiger partial charge in [0.25, 0.3) is 0 Å². The van der Waals surface area contributed by atoms with Crippen molar-refractivity contribution in [3.8, 4) is 11.4 Å². The van der Waals surface area contributed by atoms with Gasteiger partial charge in [-0.3, -0.25) is 0 Å². The number of morpholine rings is 1. The zero-order valence-electron chi connectivity index (χ0n) is 17.6. The molecule has 4 heterocycles. The first-order valence-corrected chi connectivity index (χ1v) is 10.5. The number of carbonyl (C=O) groups is 1. The number of carbonyl (C=O) groups excluding carboxylic acids is 1. The van der Waals surface area contributed by atoms with Crippen LogP contribution in [0.15, 0.2) is 24.3 Å². The molecule has 0 spiro atoms. The van der Waals surface area contributed by atoms with Crippen LogP contribution in [0, 0.1) is 0 Å². The number of benzene rings is 1. The van der Waals surface area contributed by atoms with Crippen molar-refractivity contribution >= 4 is 17.5 Å². The lowest BCUT2D eigenvalue weighted by Gasteiger charge is -2.34. The first-order valence-electron chi connectivity index (χ1n) is 10.5. The Labute approximate surface area is 176 Å². The quantitative estimate of drug-likeness (QED) is 0.810. The fourth-order valence-electron chi connectivity index (χ4n) is 4.50. The van der Waals surface area contributed by atoms with Crippen LogP contribution in [0.1, 0.15) is 37.9 Å². The van der Waals surface area contributed by atoms with Gasteiger partial charge in [0.15, 0.2) is 5.82 Å². The third-order valence-electron chi connectivity index (χ3n) is 6.10. The fraction of sp³-hybridized carbons (Fsp3) is 0.500. The Bertz CT molecular complexity index is 963. The van der Waals surface area contributed by atoms with E-state index in [4.69, 9.17) is 19.4 Å². The van der Waals surface area contributed by atoms with Crippen LogP contribution < -0.4 is 15.5 Å². The van der Waals surface area contributed by atoms with Crippen molar-refractivity contribution < 1.29 is 14.3 Å². The van der Waals surface area contributed by atoms with Crippen molar-refractivity contribution in [2.45, 2.75) is 51.1 Å². The lowest BCUT2D eigenvalue weighted by Crippen LogP contribution is -2.43. The van der Waals surface area contributed by atoms with E-state index in [2.05, 4.69) is 29.4 Å². The minimum atomic E-state index is -0.451. The van der Waals surface area contributed by atoms with Gasteiger partial charge in [-0.15, -0.1) is 0 Å². The summed E-state index contributed by atoms with van der Waals surface area (Å²) >= 11 is 0. The molecule has 3 aliphatic rings. The number of ether oxygens (including phenoxy) is 2. The van der Waals surface area contributed by atoms with E-state index in [1.807, 2.05) is 24.3 Å². The second-order valence-electron chi connectivity index (χ2n) is 8.64. The number of aromatic nitrogens is 2. The zero-order chi connectivity index (χ0) is 20.9. The third-order valence-corrected chi connectivity index (χ3v) is 6.10. The number of rotatable bonds is 3. The average molecular weight is 409 g/mol. The Balaban J connectivity index is 1.52. The Hall–Kier alpha value is -2.71. The molecule has 2 fully saturated rings.